The maximum Gasteiger partial charge on any atom is 0.138 e. The number of fused-ring (bicyclic) bond motifs is 2. The van der Waals surface area contributed by atoms with Gasteiger partial charge in [-0.25, -0.2) is 0 Å². The molecule has 2 aliphatic rings. The third-order valence-electron chi connectivity index (χ3n) is 5.40. The van der Waals surface area contributed by atoms with E-state index in [-0.39, 0.29) is 11.5 Å². The van der Waals surface area contributed by atoms with Crippen LogP contribution in [0.3, 0.4) is 0 Å². The second-order valence-corrected chi connectivity index (χ2v) is 8.56. The van der Waals surface area contributed by atoms with E-state index in [9.17, 15) is 10.2 Å². The number of phenolic OH excluding ortho intramolecular Hbond substituents is 2. The van der Waals surface area contributed by atoms with E-state index in [4.69, 9.17) is 0 Å². The minimum atomic E-state index is 0.261. The van der Waals surface area contributed by atoms with Crippen LogP contribution in [0.4, 0.5) is 0 Å². The van der Waals surface area contributed by atoms with Crippen molar-refractivity contribution in [3.8, 4) is 22.6 Å². The second-order valence-electron chi connectivity index (χ2n) is 6.85. The number of halogens is 2. The molecule has 4 rings (SSSR count). The Labute approximate surface area is 159 Å². The quantitative estimate of drug-likeness (QED) is 0.554. The van der Waals surface area contributed by atoms with Crippen LogP contribution in [-0.4, -0.2) is 10.2 Å². The van der Waals surface area contributed by atoms with Crippen LogP contribution < -0.4 is 0 Å². The fraction of sp³-hybridized carbons (Fsp3) is 0.400. The molecule has 2 nitrogen and oxygen atoms in total. The number of aryl methyl sites for hydroxylation is 2. The third-order valence-corrected chi connectivity index (χ3v) is 6.61. The van der Waals surface area contributed by atoms with Crippen molar-refractivity contribution in [3.63, 3.8) is 0 Å². The molecule has 0 saturated heterocycles. The largest absolute Gasteiger partial charge is 0.506 e. The van der Waals surface area contributed by atoms with Gasteiger partial charge in [0, 0.05) is 11.1 Å². The number of hydrogen-bond donors (Lipinski definition) is 2. The van der Waals surface area contributed by atoms with Crippen molar-refractivity contribution in [2.75, 3.05) is 0 Å². The standard InChI is InChI=1S/C20H20Br2O2/c21-15-9-11-5-1-3-7-13(11)17(19(15)23)18-14-8-4-2-6-12(14)10-16(22)20(18)24/h9-10,23-24H,1-8H2. The topological polar surface area (TPSA) is 40.5 Å². The first kappa shape index (κ1) is 16.5. The van der Waals surface area contributed by atoms with Gasteiger partial charge in [0.25, 0.3) is 0 Å². The van der Waals surface area contributed by atoms with Gasteiger partial charge in [-0.1, -0.05) is 0 Å². The van der Waals surface area contributed by atoms with Crippen molar-refractivity contribution in [1.82, 2.24) is 0 Å². The molecule has 0 amide bonds. The van der Waals surface area contributed by atoms with Crippen molar-refractivity contribution < 1.29 is 10.2 Å². The highest BCUT2D eigenvalue weighted by atomic mass is 79.9. The summed E-state index contributed by atoms with van der Waals surface area (Å²) in [5.74, 6) is 0.522. The zero-order chi connectivity index (χ0) is 16.8. The van der Waals surface area contributed by atoms with Crippen molar-refractivity contribution in [2.24, 2.45) is 0 Å². The molecule has 0 bridgehead atoms. The van der Waals surface area contributed by atoms with E-state index in [1.807, 2.05) is 0 Å². The van der Waals surface area contributed by atoms with Crippen molar-refractivity contribution >= 4 is 31.9 Å². The van der Waals surface area contributed by atoms with Crippen molar-refractivity contribution in [2.45, 2.75) is 51.4 Å². The van der Waals surface area contributed by atoms with Gasteiger partial charge in [-0.05, 0) is 118 Å². The molecule has 4 heteroatoms. The number of rotatable bonds is 1. The predicted octanol–water partition coefficient (Wildman–Crippen LogP) is 6.05. The lowest BCUT2D eigenvalue weighted by Crippen LogP contribution is -2.09. The van der Waals surface area contributed by atoms with Crippen LogP contribution in [0.15, 0.2) is 21.1 Å². The Balaban J connectivity index is 2.07. The highest BCUT2D eigenvalue weighted by Gasteiger charge is 2.27. The zero-order valence-corrected chi connectivity index (χ0v) is 16.6. The van der Waals surface area contributed by atoms with Gasteiger partial charge >= 0.3 is 0 Å². The average molecular weight is 452 g/mol. The van der Waals surface area contributed by atoms with Gasteiger partial charge in [0.05, 0.1) is 8.95 Å². The SMILES string of the molecule is Oc1c(Br)cc2c(c1-c1c(O)c(Br)cc3c1CCCC3)CCCC2. The lowest BCUT2D eigenvalue weighted by molar-refractivity contribution is 0.462. The molecular weight excluding hydrogens is 432 g/mol. The fourth-order valence-corrected chi connectivity index (χ4v) is 5.20. The van der Waals surface area contributed by atoms with Crippen LogP contribution in [0.2, 0.25) is 0 Å². The smallest absolute Gasteiger partial charge is 0.138 e. The predicted molar refractivity (Wildman–Crippen MR) is 104 cm³/mol. The average Bonchev–Trinajstić information content (AvgIpc) is 2.58. The molecule has 2 aromatic rings. The summed E-state index contributed by atoms with van der Waals surface area (Å²) in [6.45, 7) is 0. The van der Waals surface area contributed by atoms with E-state index in [1.165, 1.54) is 35.1 Å². The van der Waals surface area contributed by atoms with Crippen LogP contribution in [0.1, 0.15) is 47.9 Å². The molecule has 2 aromatic carbocycles. The molecule has 0 saturated carbocycles. The highest BCUT2D eigenvalue weighted by molar-refractivity contribution is 9.11. The third kappa shape index (κ3) is 2.59. The summed E-state index contributed by atoms with van der Waals surface area (Å²) in [6.07, 6.45) is 8.66. The summed E-state index contributed by atoms with van der Waals surface area (Å²) in [7, 11) is 0. The van der Waals surface area contributed by atoms with Gasteiger partial charge < -0.3 is 10.2 Å². The zero-order valence-electron chi connectivity index (χ0n) is 13.5. The van der Waals surface area contributed by atoms with E-state index >= 15 is 0 Å². The lowest BCUT2D eigenvalue weighted by Gasteiger charge is -2.26. The van der Waals surface area contributed by atoms with Gasteiger partial charge in [-0.3, -0.25) is 0 Å². The first-order valence-corrected chi connectivity index (χ1v) is 10.2. The first-order chi connectivity index (χ1) is 11.6. The Morgan fingerprint density at radius 3 is 1.42 bits per heavy atom. The van der Waals surface area contributed by atoms with Crippen LogP contribution in [0, 0.1) is 0 Å². The Kier molecular flexibility index (Phi) is 4.38. The van der Waals surface area contributed by atoms with E-state index in [1.54, 1.807) is 0 Å². The summed E-state index contributed by atoms with van der Waals surface area (Å²) in [5, 5.41) is 21.7. The molecule has 2 aliphatic carbocycles. The molecular formula is C20H20Br2O2. The minimum Gasteiger partial charge on any atom is -0.506 e. The molecule has 0 heterocycles. The monoisotopic (exact) mass is 450 g/mol. The van der Waals surface area contributed by atoms with E-state index in [0.29, 0.717) is 0 Å². The molecule has 0 unspecified atom stereocenters. The Morgan fingerprint density at radius 2 is 1.00 bits per heavy atom. The van der Waals surface area contributed by atoms with Gasteiger partial charge in [-0.15, -0.1) is 0 Å². The lowest BCUT2D eigenvalue weighted by atomic mass is 9.80. The molecule has 24 heavy (non-hydrogen) atoms. The molecule has 126 valence electrons. The van der Waals surface area contributed by atoms with E-state index in [2.05, 4.69) is 44.0 Å². The molecule has 0 fully saturated rings. The number of phenols is 2. The summed E-state index contributed by atoms with van der Waals surface area (Å²) >= 11 is 7.04. The van der Waals surface area contributed by atoms with Crippen LogP contribution in [-0.2, 0) is 25.7 Å². The molecule has 0 aliphatic heterocycles. The van der Waals surface area contributed by atoms with E-state index in [0.717, 1.165) is 58.6 Å². The van der Waals surface area contributed by atoms with Crippen molar-refractivity contribution in [3.05, 3.63) is 43.3 Å². The summed E-state index contributed by atoms with van der Waals surface area (Å²) < 4.78 is 1.45. The number of aromatic hydroxyl groups is 2. The second kappa shape index (κ2) is 6.38. The summed E-state index contributed by atoms with van der Waals surface area (Å²) in [4.78, 5) is 0. The van der Waals surface area contributed by atoms with Gasteiger partial charge in [0.1, 0.15) is 11.5 Å². The molecule has 2 N–H and O–H groups in total. The number of hydrogen-bond acceptors (Lipinski definition) is 2. The molecule has 0 radical (unpaired) electrons. The highest BCUT2D eigenvalue weighted by Crippen LogP contribution is 2.50. The van der Waals surface area contributed by atoms with Gasteiger partial charge in [0.15, 0.2) is 0 Å². The summed E-state index contributed by atoms with van der Waals surface area (Å²) in [6, 6.07) is 4.10. The van der Waals surface area contributed by atoms with Gasteiger partial charge in [-0.2, -0.15) is 0 Å². The maximum absolute atomic E-state index is 10.9. The first-order valence-electron chi connectivity index (χ1n) is 8.64. The normalized spacial score (nSPS) is 16.6. The summed E-state index contributed by atoms with van der Waals surface area (Å²) in [5.41, 5.74) is 6.70. The maximum atomic E-state index is 10.9. The minimum absolute atomic E-state index is 0.261. The van der Waals surface area contributed by atoms with Crippen LogP contribution in [0.5, 0.6) is 11.5 Å². The molecule has 0 atom stereocenters. The van der Waals surface area contributed by atoms with Crippen molar-refractivity contribution in [1.29, 1.82) is 0 Å². The molecule has 0 spiro atoms. The fourth-order valence-electron chi connectivity index (χ4n) is 4.25. The van der Waals surface area contributed by atoms with Gasteiger partial charge in [0.2, 0.25) is 0 Å². The number of benzene rings is 2. The molecule has 0 aromatic heterocycles. The Morgan fingerprint density at radius 1 is 0.625 bits per heavy atom. The van der Waals surface area contributed by atoms with Crippen LogP contribution >= 0.6 is 31.9 Å². The van der Waals surface area contributed by atoms with E-state index < -0.39 is 0 Å². The Bertz CT molecular complexity index is 758. The van der Waals surface area contributed by atoms with Crippen LogP contribution in [0.25, 0.3) is 11.1 Å². The Hall–Kier alpha value is -1.000.